The standard InChI is InChI=1S/C18H19ClFIN2O2S/c19-16-11-15(5-6-17(16)20)26(24,25)23-12-18(7-9-22-10-8-18)13-1-3-14(21)4-2-13/h1-6,11,22-23H,7-10,12H2. The Morgan fingerprint density at radius 2 is 1.81 bits per heavy atom. The fourth-order valence-corrected chi connectivity index (χ4v) is 4.99. The molecule has 0 bridgehead atoms. The van der Waals surface area contributed by atoms with Crippen LogP contribution in [0, 0.1) is 9.39 Å². The number of benzene rings is 2. The molecule has 1 aliphatic rings. The Morgan fingerprint density at radius 3 is 2.42 bits per heavy atom. The molecule has 2 N–H and O–H groups in total. The first-order valence-electron chi connectivity index (χ1n) is 8.24. The average Bonchev–Trinajstić information content (AvgIpc) is 2.64. The lowest BCUT2D eigenvalue weighted by atomic mass is 9.73. The number of sulfonamides is 1. The summed E-state index contributed by atoms with van der Waals surface area (Å²) in [4.78, 5) is -0.0319. The minimum atomic E-state index is -3.78. The lowest BCUT2D eigenvalue weighted by Gasteiger charge is -2.38. The molecule has 0 radical (unpaired) electrons. The Balaban J connectivity index is 1.85. The van der Waals surface area contributed by atoms with Crippen molar-refractivity contribution in [3.63, 3.8) is 0 Å². The molecule has 0 atom stereocenters. The van der Waals surface area contributed by atoms with Crippen molar-refractivity contribution in [3.8, 4) is 0 Å². The number of nitrogens with one attached hydrogen (secondary N) is 2. The number of hydrogen-bond acceptors (Lipinski definition) is 3. The highest BCUT2D eigenvalue weighted by Crippen LogP contribution is 2.34. The largest absolute Gasteiger partial charge is 0.317 e. The second kappa shape index (κ2) is 8.10. The molecule has 4 nitrogen and oxygen atoms in total. The van der Waals surface area contributed by atoms with Gasteiger partial charge in [0, 0.05) is 15.5 Å². The number of piperidine rings is 1. The predicted octanol–water partition coefficient (Wildman–Crippen LogP) is 3.68. The zero-order valence-corrected chi connectivity index (χ0v) is 17.7. The lowest BCUT2D eigenvalue weighted by molar-refractivity contribution is 0.307. The van der Waals surface area contributed by atoms with Gasteiger partial charge in [-0.1, -0.05) is 23.7 Å². The highest BCUT2D eigenvalue weighted by atomic mass is 127. The zero-order chi connectivity index (χ0) is 18.8. The van der Waals surface area contributed by atoms with E-state index in [9.17, 15) is 12.8 Å². The maximum atomic E-state index is 13.3. The van der Waals surface area contributed by atoms with E-state index in [0.29, 0.717) is 0 Å². The van der Waals surface area contributed by atoms with Crippen LogP contribution in [-0.4, -0.2) is 28.1 Å². The third kappa shape index (κ3) is 4.39. The summed E-state index contributed by atoms with van der Waals surface area (Å²) < 4.78 is 42.5. The predicted molar refractivity (Wildman–Crippen MR) is 110 cm³/mol. The second-order valence-electron chi connectivity index (χ2n) is 6.44. The summed E-state index contributed by atoms with van der Waals surface area (Å²) in [5.41, 5.74) is 0.853. The molecule has 2 aromatic carbocycles. The van der Waals surface area contributed by atoms with Crippen LogP contribution in [0.5, 0.6) is 0 Å². The summed E-state index contributed by atoms with van der Waals surface area (Å²) in [5.74, 6) is -0.640. The molecule has 1 saturated heterocycles. The fraction of sp³-hybridized carbons (Fsp3) is 0.333. The summed E-state index contributed by atoms with van der Waals surface area (Å²) in [6.45, 7) is 1.94. The van der Waals surface area contributed by atoms with Gasteiger partial charge in [0.05, 0.1) is 9.92 Å². The number of halogens is 3. The van der Waals surface area contributed by atoms with Crippen LogP contribution in [0.4, 0.5) is 4.39 Å². The van der Waals surface area contributed by atoms with Crippen LogP contribution in [0.25, 0.3) is 0 Å². The van der Waals surface area contributed by atoms with Gasteiger partial charge in [0.15, 0.2) is 0 Å². The van der Waals surface area contributed by atoms with Gasteiger partial charge < -0.3 is 5.32 Å². The molecule has 1 aliphatic heterocycles. The van der Waals surface area contributed by atoms with E-state index >= 15 is 0 Å². The van der Waals surface area contributed by atoms with E-state index in [1.165, 1.54) is 6.07 Å². The summed E-state index contributed by atoms with van der Waals surface area (Å²) in [7, 11) is -3.78. The van der Waals surface area contributed by atoms with Gasteiger partial charge in [0.25, 0.3) is 0 Å². The van der Waals surface area contributed by atoms with Gasteiger partial charge >= 0.3 is 0 Å². The van der Waals surface area contributed by atoms with Crippen molar-refractivity contribution in [1.82, 2.24) is 10.0 Å². The Kier molecular flexibility index (Phi) is 6.23. The SMILES string of the molecule is O=S(=O)(NCC1(c2ccc(I)cc2)CCNCC1)c1ccc(F)c(Cl)c1. The summed E-state index contributed by atoms with van der Waals surface area (Å²) in [5, 5.41) is 3.12. The Hall–Kier alpha value is -0.740. The van der Waals surface area contributed by atoms with E-state index in [1.54, 1.807) is 0 Å². The molecule has 0 aliphatic carbocycles. The van der Waals surface area contributed by atoms with Crippen LogP contribution >= 0.6 is 34.2 Å². The van der Waals surface area contributed by atoms with Crippen molar-refractivity contribution >= 4 is 44.2 Å². The lowest BCUT2D eigenvalue weighted by Crippen LogP contribution is -2.47. The summed E-state index contributed by atoms with van der Waals surface area (Å²) in [6.07, 6.45) is 1.67. The van der Waals surface area contributed by atoms with Crippen molar-refractivity contribution in [2.45, 2.75) is 23.2 Å². The summed E-state index contributed by atoms with van der Waals surface area (Å²) in [6, 6.07) is 11.6. The van der Waals surface area contributed by atoms with Crippen molar-refractivity contribution in [2.75, 3.05) is 19.6 Å². The van der Waals surface area contributed by atoms with Gasteiger partial charge in [-0.15, -0.1) is 0 Å². The maximum Gasteiger partial charge on any atom is 0.240 e. The van der Waals surface area contributed by atoms with E-state index in [0.717, 1.165) is 47.2 Å². The van der Waals surface area contributed by atoms with Gasteiger partial charge in [0.1, 0.15) is 5.82 Å². The normalized spacial score (nSPS) is 17.2. The molecule has 0 unspecified atom stereocenters. The first-order valence-corrected chi connectivity index (χ1v) is 11.2. The van der Waals surface area contributed by atoms with Gasteiger partial charge in [-0.25, -0.2) is 17.5 Å². The minimum Gasteiger partial charge on any atom is -0.317 e. The molecule has 26 heavy (non-hydrogen) atoms. The number of rotatable bonds is 5. The molecular formula is C18H19ClFIN2O2S. The van der Waals surface area contributed by atoms with Crippen LogP contribution in [0.1, 0.15) is 18.4 Å². The third-order valence-corrected chi connectivity index (χ3v) is 7.23. The van der Waals surface area contributed by atoms with Crippen LogP contribution in [0.15, 0.2) is 47.4 Å². The fourth-order valence-electron chi connectivity index (χ4n) is 3.24. The van der Waals surface area contributed by atoms with E-state index in [2.05, 4.69) is 44.8 Å². The van der Waals surface area contributed by atoms with Gasteiger partial charge in [-0.3, -0.25) is 0 Å². The smallest absolute Gasteiger partial charge is 0.240 e. The number of hydrogen-bond donors (Lipinski definition) is 2. The van der Waals surface area contributed by atoms with Crippen LogP contribution < -0.4 is 10.0 Å². The molecule has 1 fully saturated rings. The topological polar surface area (TPSA) is 58.2 Å². The van der Waals surface area contributed by atoms with Crippen molar-refractivity contribution in [1.29, 1.82) is 0 Å². The maximum absolute atomic E-state index is 13.3. The van der Waals surface area contributed by atoms with Gasteiger partial charge in [-0.2, -0.15) is 0 Å². The average molecular weight is 509 g/mol. The van der Waals surface area contributed by atoms with Crippen LogP contribution in [-0.2, 0) is 15.4 Å². The van der Waals surface area contributed by atoms with Crippen LogP contribution in [0.2, 0.25) is 5.02 Å². The minimum absolute atomic E-state index is 0.0319. The molecule has 2 aromatic rings. The van der Waals surface area contributed by atoms with Crippen molar-refractivity contribution in [2.24, 2.45) is 0 Å². The zero-order valence-electron chi connectivity index (χ0n) is 13.9. The molecule has 0 spiro atoms. The second-order valence-corrected chi connectivity index (χ2v) is 9.86. The van der Waals surface area contributed by atoms with Gasteiger partial charge in [0.2, 0.25) is 10.0 Å². The molecule has 0 aromatic heterocycles. The van der Waals surface area contributed by atoms with Crippen LogP contribution in [0.3, 0.4) is 0 Å². The van der Waals surface area contributed by atoms with Crippen molar-refractivity contribution < 1.29 is 12.8 Å². The highest BCUT2D eigenvalue weighted by molar-refractivity contribution is 14.1. The Bertz CT molecular complexity index is 885. The van der Waals surface area contributed by atoms with Gasteiger partial charge in [-0.05, 0) is 84.4 Å². The monoisotopic (exact) mass is 508 g/mol. The Morgan fingerprint density at radius 1 is 1.15 bits per heavy atom. The van der Waals surface area contributed by atoms with Crippen molar-refractivity contribution in [3.05, 3.63) is 62.4 Å². The van der Waals surface area contributed by atoms with E-state index in [-0.39, 0.29) is 21.9 Å². The molecule has 3 rings (SSSR count). The Labute approximate surface area is 171 Å². The molecule has 0 amide bonds. The first-order chi connectivity index (χ1) is 12.3. The van der Waals surface area contributed by atoms with E-state index in [1.807, 2.05) is 12.1 Å². The highest BCUT2D eigenvalue weighted by Gasteiger charge is 2.35. The summed E-state index contributed by atoms with van der Waals surface area (Å²) >= 11 is 7.98. The molecular weight excluding hydrogens is 490 g/mol. The molecule has 1 heterocycles. The van der Waals surface area contributed by atoms with E-state index < -0.39 is 15.8 Å². The third-order valence-electron chi connectivity index (χ3n) is 4.82. The van der Waals surface area contributed by atoms with E-state index in [4.69, 9.17) is 11.6 Å². The quantitative estimate of drug-likeness (QED) is 0.606. The molecule has 8 heteroatoms. The molecule has 140 valence electrons. The first kappa shape index (κ1) is 20.0. The molecule has 0 saturated carbocycles.